The molecular formula is C23H30N6O3. The van der Waals surface area contributed by atoms with Crippen molar-refractivity contribution in [2.24, 2.45) is 5.92 Å². The summed E-state index contributed by atoms with van der Waals surface area (Å²) in [6.45, 7) is 7.89. The highest BCUT2D eigenvalue weighted by Crippen LogP contribution is 2.27. The summed E-state index contributed by atoms with van der Waals surface area (Å²) >= 11 is 0. The summed E-state index contributed by atoms with van der Waals surface area (Å²) in [7, 11) is 0. The van der Waals surface area contributed by atoms with Gasteiger partial charge in [0.15, 0.2) is 0 Å². The van der Waals surface area contributed by atoms with Crippen LogP contribution in [0.2, 0.25) is 0 Å². The van der Waals surface area contributed by atoms with Crippen LogP contribution in [0.5, 0.6) is 0 Å². The predicted molar refractivity (Wildman–Crippen MR) is 120 cm³/mol. The van der Waals surface area contributed by atoms with Crippen LogP contribution in [0.15, 0.2) is 27.5 Å². The molecule has 5 rings (SSSR count). The SMILES string of the molecule is Cc1nc(-c2ccc3c(c2)[nH]c(=O)n3C2CCN(CC(=O)N3CCC(C)CC3)CC2)no1. The first-order chi connectivity index (χ1) is 15.5. The van der Waals surface area contributed by atoms with Crippen molar-refractivity contribution in [3.63, 3.8) is 0 Å². The van der Waals surface area contributed by atoms with Crippen LogP contribution in [0.4, 0.5) is 0 Å². The summed E-state index contributed by atoms with van der Waals surface area (Å²) in [6, 6.07) is 5.88. The second-order valence-corrected chi connectivity index (χ2v) is 9.24. The Bertz CT molecular complexity index is 1160. The Morgan fingerprint density at radius 3 is 2.59 bits per heavy atom. The summed E-state index contributed by atoms with van der Waals surface area (Å²) in [6.07, 6.45) is 3.91. The van der Waals surface area contributed by atoms with E-state index in [9.17, 15) is 9.59 Å². The average molecular weight is 439 g/mol. The lowest BCUT2D eigenvalue weighted by Crippen LogP contribution is -2.46. The first-order valence-electron chi connectivity index (χ1n) is 11.5. The number of aromatic amines is 1. The maximum absolute atomic E-state index is 12.8. The molecule has 0 saturated carbocycles. The van der Waals surface area contributed by atoms with Crippen LogP contribution in [0.1, 0.15) is 44.5 Å². The van der Waals surface area contributed by atoms with Gasteiger partial charge in [0.1, 0.15) is 0 Å². The molecule has 2 fully saturated rings. The molecule has 0 radical (unpaired) electrons. The third-order valence-electron chi connectivity index (χ3n) is 6.92. The number of nitrogens with one attached hydrogen (secondary N) is 1. The normalized spacial score (nSPS) is 19.1. The number of imidazole rings is 1. The van der Waals surface area contributed by atoms with Gasteiger partial charge >= 0.3 is 5.69 Å². The number of fused-ring (bicyclic) bond motifs is 1. The molecule has 0 aliphatic carbocycles. The molecule has 9 heteroatoms. The molecule has 32 heavy (non-hydrogen) atoms. The number of carbonyl (C=O) groups excluding carboxylic acids is 1. The fourth-order valence-corrected chi connectivity index (χ4v) is 4.93. The molecule has 0 spiro atoms. The summed E-state index contributed by atoms with van der Waals surface area (Å²) in [5, 5.41) is 3.96. The lowest BCUT2D eigenvalue weighted by molar-refractivity contribution is -0.134. The van der Waals surface area contributed by atoms with Crippen molar-refractivity contribution >= 4 is 16.9 Å². The number of rotatable bonds is 4. The van der Waals surface area contributed by atoms with E-state index in [1.54, 1.807) is 6.92 Å². The lowest BCUT2D eigenvalue weighted by Gasteiger charge is -2.35. The van der Waals surface area contributed by atoms with Gasteiger partial charge in [-0.2, -0.15) is 4.98 Å². The molecule has 3 aromatic rings. The monoisotopic (exact) mass is 438 g/mol. The number of H-pyrrole nitrogens is 1. The third-order valence-corrected chi connectivity index (χ3v) is 6.92. The minimum atomic E-state index is -0.0987. The zero-order valence-electron chi connectivity index (χ0n) is 18.7. The Hall–Kier alpha value is -2.94. The van der Waals surface area contributed by atoms with E-state index in [2.05, 4.69) is 26.9 Å². The first-order valence-corrected chi connectivity index (χ1v) is 11.5. The smallest absolute Gasteiger partial charge is 0.326 e. The zero-order valence-corrected chi connectivity index (χ0v) is 18.7. The van der Waals surface area contributed by atoms with Crippen molar-refractivity contribution in [3.8, 4) is 11.4 Å². The van der Waals surface area contributed by atoms with Gasteiger partial charge in [0.2, 0.25) is 17.6 Å². The van der Waals surface area contributed by atoms with Crippen LogP contribution in [0.25, 0.3) is 22.4 Å². The molecule has 1 N–H and O–H groups in total. The number of hydrogen-bond donors (Lipinski definition) is 1. The highest BCUT2D eigenvalue weighted by Gasteiger charge is 2.27. The standard InChI is InChI=1S/C23H30N6O3/c1-15-5-11-28(12-6-15)21(30)14-27-9-7-18(8-10-27)29-20-4-3-17(13-19(20)25-23(29)31)22-24-16(2)32-26-22/h3-4,13,15,18H,5-12,14H2,1-2H3,(H,25,31). The van der Waals surface area contributed by atoms with Gasteiger partial charge in [-0.25, -0.2) is 4.79 Å². The molecule has 2 aliphatic rings. The molecule has 2 aliphatic heterocycles. The predicted octanol–water partition coefficient (Wildman–Crippen LogP) is 2.58. The van der Waals surface area contributed by atoms with E-state index in [4.69, 9.17) is 4.52 Å². The second-order valence-electron chi connectivity index (χ2n) is 9.24. The van der Waals surface area contributed by atoms with Crippen molar-refractivity contribution in [1.29, 1.82) is 0 Å². The van der Waals surface area contributed by atoms with Crippen molar-refractivity contribution in [2.75, 3.05) is 32.7 Å². The largest absolute Gasteiger partial charge is 0.342 e. The Balaban J connectivity index is 1.25. The number of nitrogens with zero attached hydrogens (tertiary/aromatic N) is 5. The summed E-state index contributed by atoms with van der Waals surface area (Å²) in [4.78, 5) is 36.9. The zero-order chi connectivity index (χ0) is 22.2. The van der Waals surface area contributed by atoms with E-state index in [1.807, 2.05) is 27.7 Å². The second kappa shape index (κ2) is 8.54. The van der Waals surface area contributed by atoms with E-state index in [0.29, 0.717) is 18.3 Å². The van der Waals surface area contributed by atoms with Crippen molar-refractivity contribution in [3.05, 3.63) is 34.6 Å². The van der Waals surface area contributed by atoms with E-state index < -0.39 is 0 Å². The molecule has 2 aromatic heterocycles. The average Bonchev–Trinajstić information content (AvgIpc) is 3.36. The van der Waals surface area contributed by atoms with Crippen LogP contribution < -0.4 is 5.69 Å². The molecule has 1 amide bonds. The van der Waals surface area contributed by atoms with Crippen LogP contribution in [-0.2, 0) is 4.79 Å². The van der Waals surface area contributed by atoms with Gasteiger partial charge in [-0.3, -0.25) is 14.3 Å². The van der Waals surface area contributed by atoms with Gasteiger partial charge in [-0.05, 0) is 49.8 Å². The number of likely N-dealkylation sites (tertiary alicyclic amines) is 2. The van der Waals surface area contributed by atoms with Gasteiger partial charge < -0.3 is 14.4 Å². The number of amides is 1. The Morgan fingerprint density at radius 2 is 1.91 bits per heavy atom. The quantitative estimate of drug-likeness (QED) is 0.672. The van der Waals surface area contributed by atoms with Crippen molar-refractivity contribution in [2.45, 2.75) is 45.6 Å². The van der Waals surface area contributed by atoms with Crippen molar-refractivity contribution in [1.82, 2.24) is 29.5 Å². The molecule has 0 unspecified atom stereocenters. The van der Waals surface area contributed by atoms with E-state index in [-0.39, 0.29) is 17.6 Å². The van der Waals surface area contributed by atoms with E-state index in [1.165, 1.54) is 0 Å². The number of carbonyl (C=O) groups is 1. The highest BCUT2D eigenvalue weighted by molar-refractivity contribution is 5.81. The summed E-state index contributed by atoms with van der Waals surface area (Å²) in [5.74, 6) is 1.98. The maximum atomic E-state index is 12.8. The molecule has 1 aromatic carbocycles. The van der Waals surface area contributed by atoms with Crippen LogP contribution in [-0.4, -0.2) is 68.1 Å². The van der Waals surface area contributed by atoms with E-state index in [0.717, 1.165) is 74.4 Å². The minimum Gasteiger partial charge on any atom is -0.342 e. The van der Waals surface area contributed by atoms with Crippen LogP contribution in [0, 0.1) is 12.8 Å². The summed E-state index contributed by atoms with van der Waals surface area (Å²) in [5.41, 5.74) is 2.37. The maximum Gasteiger partial charge on any atom is 0.326 e. The topological polar surface area (TPSA) is 100 Å². The molecular weight excluding hydrogens is 408 g/mol. The number of hydrogen-bond acceptors (Lipinski definition) is 6. The number of piperidine rings is 2. The summed E-state index contributed by atoms with van der Waals surface area (Å²) < 4.78 is 6.93. The fourth-order valence-electron chi connectivity index (χ4n) is 4.93. The van der Waals surface area contributed by atoms with Gasteiger partial charge in [-0.1, -0.05) is 12.1 Å². The Kier molecular flexibility index (Phi) is 5.58. The fraction of sp³-hybridized carbons (Fsp3) is 0.565. The molecule has 2 saturated heterocycles. The highest BCUT2D eigenvalue weighted by atomic mass is 16.5. The first kappa shape index (κ1) is 20.9. The molecule has 4 heterocycles. The molecule has 0 bridgehead atoms. The van der Waals surface area contributed by atoms with Crippen molar-refractivity contribution < 1.29 is 9.32 Å². The lowest BCUT2D eigenvalue weighted by atomic mass is 9.99. The molecule has 0 atom stereocenters. The number of aryl methyl sites for hydroxylation is 1. The Morgan fingerprint density at radius 1 is 1.16 bits per heavy atom. The van der Waals surface area contributed by atoms with Gasteiger partial charge in [0, 0.05) is 44.7 Å². The number of benzene rings is 1. The molecule has 9 nitrogen and oxygen atoms in total. The molecule has 170 valence electrons. The Labute approximate surface area is 186 Å². The van der Waals surface area contributed by atoms with Crippen LogP contribution in [0.3, 0.4) is 0 Å². The van der Waals surface area contributed by atoms with Gasteiger partial charge in [-0.15, -0.1) is 0 Å². The van der Waals surface area contributed by atoms with Gasteiger partial charge in [0.05, 0.1) is 17.6 Å². The van der Waals surface area contributed by atoms with Gasteiger partial charge in [0.25, 0.3) is 0 Å². The minimum absolute atomic E-state index is 0.0987. The van der Waals surface area contributed by atoms with Crippen LogP contribution >= 0.6 is 0 Å². The third kappa shape index (κ3) is 4.09. The number of aromatic nitrogens is 4. The van der Waals surface area contributed by atoms with E-state index >= 15 is 0 Å².